The predicted octanol–water partition coefficient (Wildman–Crippen LogP) is 3.25. The van der Waals surface area contributed by atoms with Crippen molar-refractivity contribution in [1.82, 2.24) is 5.32 Å². The Morgan fingerprint density at radius 3 is 2.87 bits per heavy atom. The summed E-state index contributed by atoms with van der Waals surface area (Å²) in [6, 6.07) is 0. The summed E-state index contributed by atoms with van der Waals surface area (Å²) in [5, 5.41) is 3.45. The Bertz CT molecular complexity index is 354. The van der Waals surface area contributed by atoms with Gasteiger partial charge in [0.2, 0.25) is 0 Å². The summed E-state index contributed by atoms with van der Waals surface area (Å²) in [5.74, 6) is 0. The monoisotopic (exact) mass is 199 g/mol. The van der Waals surface area contributed by atoms with Gasteiger partial charge in [0.25, 0.3) is 0 Å². The van der Waals surface area contributed by atoms with E-state index in [1.807, 2.05) is 0 Å². The van der Waals surface area contributed by atoms with Crippen molar-refractivity contribution in [3.63, 3.8) is 0 Å². The summed E-state index contributed by atoms with van der Waals surface area (Å²) in [6.45, 7) is 0.937. The first-order valence-corrected chi connectivity index (χ1v) is 5.58. The lowest BCUT2D eigenvalue weighted by molar-refractivity contribution is 0.883. The number of hydrogen-bond donors (Lipinski definition) is 1. The van der Waals surface area contributed by atoms with Gasteiger partial charge < -0.3 is 5.32 Å². The predicted molar refractivity (Wildman–Crippen MR) is 65.4 cm³/mol. The van der Waals surface area contributed by atoms with E-state index in [4.69, 9.17) is 0 Å². The van der Waals surface area contributed by atoms with Crippen LogP contribution < -0.4 is 5.32 Å². The molecule has 0 saturated carbocycles. The Labute approximate surface area is 91.6 Å². The van der Waals surface area contributed by atoms with E-state index in [0.717, 1.165) is 13.0 Å². The molecule has 0 aromatic heterocycles. The van der Waals surface area contributed by atoms with Crippen LogP contribution in [-0.4, -0.2) is 6.54 Å². The smallest absolute Gasteiger partial charge is 0.0397 e. The van der Waals surface area contributed by atoms with Crippen LogP contribution in [0.25, 0.3) is 0 Å². The second-order valence-corrected chi connectivity index (χ2v) is 3.79. The van der Waals surface area contributed by atoms with Crippen molar-refractivity contribution in [2.24, 2.45) is 0 Å². The molecule has 15 heavy (non-hydrogen) atoms. The lowest BCUT2D eigenvalue weighted by Crippen LogP contribution is -2.15. The van der Waals surface area contributed by atoms with Crippen molar-refractivity contribution in [3.05, 3.63) is 59.9 Å². The zero-order chi connectivity index (χ0) is 10.3. The normalized spacial score (nSPS) is 19.5. The van der Waals surface area contributed by atoms with E-state index in [0.29, 0.717) is 0 Å². The second-order valence-electron chi connectivity index (χ2n) is 3.79. The molecule has 0 amide bonds. The van der Waals surface area contributed by atoms with E-state index in [9.17, 15) is 0 Å². The van der Waals surface area contributed by atoms with Gasteiger partial charge in [0.15, 0.2) is 0 Å². The second kappa shape index (κ2) is 5.40. The van der Waals surface area contributed by atoms with Crippen molar-refractivity contribution in [1.29, 1.82) is 0 Å². The zero-order valence-corrected chi connectivity index (χ0v) is 8.95. The molecule has 0 radical (unpaired) electrons. The summed E-state index contributed by atoms with van der Waals surface area (Å²) < 4.78 is 0. The highest BCUT2D eigenvalue weighted by Crippen LogP contribution is 2.09. The van der Waals surface area contributed by atoms with Gasteiger partial charge in [0.1, 0.15) is 0 Å². The highest BCUT2D eigenvalue weighted by molar-refractivity contribution is 5.29. The lowest BCUT2D eigenvalue weighted by Gasteiger charge is -2.10. The number of hydrogen-bond acceptors (Lipinski definition) is 1. The zero-order valence-electron chi connectivity index (χ0n) is 8.95. The molecule has 0 aromatic carbocycles. The van der Waals surface area contributed by atoms with Crippen LogP contribution in [0.15, 0.2) is 59.9 Å². The van der Waals surface area contributed by atoms with Crippen molar-refractivity contribution >= 4 is 0 Å². The molecule has 1 nitrogen and oxygen atoms in total. The van der Waals surface area contributed by atoms with Crippen LogP contribution in [0.1, 0.15) is 19.3 Å². The summed E-state index contributed by atoms with van der Waals surface area (Å²) in [7, 11) is 0. The third-order valence-corrected chi connectivity index (χ3v) is 2.57. The van der Waals surface area contributed by atoms with Crippen molar-refractivity contribution in [3.8, 4) is 0 Å². The fourth-order valence-corrected chi connectivity index (χ4v) is 1.71. The van der Waals surface area contributed by atoms with E-state index >= 15 is 0 Å². The minimum atomic E-state index is 0.937. The van der Waals surface area contributed by atoms with Gasteiger partial charge in [0, 0.05) is 12.2 Å². The first kappa shape index (κ1) is 10.0. The molecule has 1 N–H and O–H groups in total. The molecule has 0 aromatic rings. The van der Waals surface area contributed by atoms with Crippen LogP contribution in [0.5, 0.6) is 0 Å². The van der Waals surface area contributed by atoms with Crippen LogP contribution >= 0.6 is 0 Å². The van der Waals surface area contributed by atoms with Crippen LogP contribution in [0.3, 0.4) is 0 Å². The molecule has 2 aliphatic carbocycles. The Balaban J connectivity index is 1.85. The van der Waals surface area contributed by atoms with Crippen LogP contribution in [-0.2, 0) is 0 Å². The molecule has 0 heterocycles. The van der Waals surface area contributed by atoms with E-state index in [1.54, 1.807) is 0 Å². The molecule has 2 aliphatic rings. The molecule has 78 valence electrons. The van der Waals surface area contributed by atoms with Gasteiger partial charge in [-0.25, -0.2) is 0 Å². The minimum absolute atomic E-state index is 0.937. The minimum Gasteiger partial charge on any atom is -0.381 e. The Kier molecular flexibility index (Phi) is 3.61. The molecule has 0 unspecified atom stereocenters. The van der Waals surface area contributed by atoms with Gasteiger partial charge in [-0.05, 0) is 30.9 Å². The Morgan fingerprint density at radius 1 is 1.00 bits per heavy atom. The summed E-state index contributed by atoms with van der Waals surface area (Å²) >= 11 is 0. The SMILES string of the molecule is C1=CCC=C(NCC2=CCCC=C2)C=C1. The topological polar surface area (TPSA) is 12.0 Å². The molecule has 0 saturated heterocycles. The molecule has 0 bridgehead atoms. The number of nitrogens with one attached hydrogen (secondary N) is 1. The number of rotatable bonds is 3. The highest BCUT2D eigenvalue weighted by atomic mass is 14.9. The fourth-order valence-electron chi connectivity index (χ4n) is 1.71. The maximum Gasteiger partial charge on any atom is 0.0397 e. The van der Waals surface area contributed by atoms with Crippen LogP contribution in [0.4, 0.5) is 0 Å². The van der Waals surface area contributed by atoms with Crippen molar-refractivity contribution < 1.29 is 0 Å². The van der Waals surface area contributed by atoms with Crippen molar-refractivity contribution in [2.45, 2.75) is 19.3 Å². The van der Waals surface area contributed by atoms with Crippen LogP contribution in [0.2, 0.25) is 0 Å². The lowest BCUT2D eigenvalue weighted by atomic mass is 10.1. The average molecular weight is 199 g/mol. The molecule has 0 aliphatic heterocycles. The van der Waals surface area contributed by atoms with Crippen molar-refractivity contribution in [2.75, 3.05) is 6.54 Å². The molecular weight excluding hydrogens is 182 g/mol. The standard InChI is InChI=1S/C14H17N/c1-2-7-11-14(10-6-1)15-12-13-8-4-3-5-9-13/h1-2,4,6,8-11,15H,3,5,7,12H2. The molecular formula is C14H17N. The summed E-state index contributed by atoms with van der Waals surface area (Å²) in [6.07, 6.45) is 20.8. The van der Waals surface area contributed by atoms with Gasteiger partial charge >= 0.3 is 0 Å². The first-order valence-electron chi connectivity index (χ1n) is 5.58. The maximum atomic E-state index is 3.45. The molecule has 0 atom stereocenters. The van der Waals surface area contributed by atoms with Gasteiger partial charge in [-0.3, -0.25) is 0 Å². The van der Waals surface area contributed by atoms with Gasteiger partial charge in [-0.15, -0.1) is 0 Å². The molecule has 1 heteroatoms. The Hall–Kier alpha value is -1.50. The molecule has 0 fully saturated rings. The third kappa shape index (κ3) is 3.28. The first-order chi connectivity index (χ1) is 7.45. The third-order valence-electron chi connectivity index (χ3n) is 2.57. The number of allylic oxidation sites excluding steroid dienone is 7. The quantitative estimate of drug-likeness (QED) is 0.735. The Morgan fingerprint density at radius 2 is 2.00 bits per heavy atom. The van der Waals surface area contributed by atoms with Gasteiger partial charge in [-0.2, -0.15) is 0 Å². The summed E-state index contributed by atoms with van der Waals surface area (Å²) in [5.41, 5.74) is 2.62. The van der Waals surface area contributed by atoms with Crippen LogP contribution in [0, 0.1) is 0 Å². The highest BCUT2D eigenvalue weighted by Gasteiger charge is 1.98. The van der Waals surface area contributed by atoms with Gasteiger partial charge in [-0.1, -0.05) is 42.5 Å². The van der Waals surface area contributed by atoms with Gasteiger partial charge in [0.05, 0.1) is 0 Å². The maximum absolute atomic E-state index is 3.45. The van der Waals surface area contributed by atoms with E-state index in [2.05, 4.69) is 53.9 Å². The fraction of sp³-hybridized carbons (Fsp3) is 0.286. The summed E-state index contributed by atoms with van der Waals surface area (Å²) in [4.78, 5) is 0. The molecule has 0 spiro atoms. The molecule has 2 rings (SSSR count). The van der Waals surface area contributed by atoms with E-state index in [-0.39, 0.29) is 0 Å². The van der Waals surface area contributed by atoms with E-state index in [1.165, 1.54) is 24.1 Å². The largest absolute Gasteiger partial charge is 0.381 e. The average Bonchev–Trinajstić information content (AvgIpc) is 2.56. The van der Waals surface area contributed by atoms with E-state index < -0.39 is 0 Å².